The molecule has 0 heterocycles. The Hall–Kier alpha value is -2.81. The number of nitriles is 1. The van der Waals surface area contributed by atoms with Crippen LogP contribution in [0.15, 0.2) is 90.2 Å². The van der Waals surface area contributed by atoms with Gasteiger partial charge in [0.25, 0.3) is 0 Å². The van der Waals surface area contributed by atoms with Crippen molar-refractivity contribution in [2.24, 2.45) is 0 Å². The van der Waals surface area contributed by atoms with Gasteiger partial charge in [-0.1, -0.05) is 73.3 Å². The largest absolute Gasteiger partial charge is 0.457 e. The molecule has 0 aromatic heterocycles. The van der Waals surface area contributed by atoms with E-state index in [0.29, 0.717) is 5.20 Å². The minimum atomic E-state index is -2.82. The molecule has 0 saturated carbocycles. The summed E-state index contributed by atoms with van der Waals surface area (Å²) in [6.07, 6.45) is 3.29. The molecule has 190 valence electrons. The molecule has 0 amide bonds. The van der Waals surface area contributed by atoms with Crippen LogP contribution in [-0.4, -0.2) is 37.8 Å². The average Bonchev–Trinajstić information content (AvgIpc) is 2.79. The SMILES string of the molecule is C=C(COC(=O)/C(C#N)=C\C=C(c1ccccc1)c1ccccc1)[Si](C)(O[Si](C)(C)C)O[Si](C)(C)C. The van der Waals surface area contributed by atoms with Crippen LogP contribution in [0.1, 0.15) is 11.1 Å². The summed E-state index contributed by atoms with van der Waals surface area (Å²) in [5.74, 6) is -0.701. The van der Waals surface area contributed by atoms with Crippen LogP contribution >= 0.6 is 0 Å². The van der Waals surface area contributed by atoms with Gasteiger partial charge in [0.2, 0.25) is 0 Å². The normalized spacial score (nSPS) is 12.4. The van der Waals surface area contributed by atoms with E-state index in [9.17, 15) is 10.1 Å². The fourth-order valence-corrected chi connectivity index (χ4v) is 15.0. The van der Waals surface area contributed by atoms with Crippen LogP contribution in [0.25, 0.3) is 5.57 Å². The quantitative estimate of drug-likeness (QED) is 0.102. The van der Waals surface area contributed by atoms with Crippen LogP contribution in [0.4, 0.5) is 0 Å². The molecule has 0 aliphatic rings. The monoisotopic (exact) mass is 535 g/mol. The number of benzene rings is 2. The van der Waals surface area contributed by atoms with E-state index < -0.39 is 31.2 Å². The summed E-state index contributed by atoms with van der Waals surface area (Å²) in [4.78, 5) is 12.8. The Morgan fingerprint density at radius 2 is 1.28 bits per heavy atom. The van der Waals surface area contributed by atoms with E-state index in [1.807, 2.05) is 73.3 Å². The van der Waals surface area contributed by atoms with Crippen molar-refractivity contribution in [3.63, 3.8) is 0 Å². The van der Waals surface area contributed by atoms with Gasteiger partial charge in [0.1, 0.15) is 18.2 Å². The van der Waals surface area contributed by atoms with Gasteiger partial charge in [-0.3, -0.25) is 0 Å². The number of carbonyl (C=O) groups is 1. The fraction of sp³-hybridized carbons (Fsp3) is 0.286. The van der Waals surface area contributed by atoms with Crippen LogP contribution < -0.4 is 0 Å². The maximum atomic E-state index is 12.8. The second kappa shape index (κ2) is 12.4. The van der Waals surface area contributed by atoms with Crippen molar-refractivity contribution >= 4 is 36.7 Å². The van der Waals surface area contributed by atoms with Crippen molar-refractivity contribution in [3.05, 3.63) is 101 Å². The van der Waals surface area contributed by atoms with Crippen LogP contribution in [0.5, 0.6) is 0 Å². The minimum Gasteiger partial charge on any atom is -0.457 e. The highest BCUT2D eigenvalue weighted by Gasteiger charge is 2.43. The summed E-state index contributed by atoms with van der Waals surface area (Å²) in [5, 5.41) is 10.3. The van der Waals surface area contributed by atoms with Crippen LogP contribution in [0.2, 0.25) is 45.8 Å². The lowest BCUT2D eigenvalue weighted by atomic mass is 9.97. The molecule has 0 spiro atoms. The van der Waals surface area contributed by atoms with Gasteiger partial charge in [-0.15, -0.1) is 0 Å². The van der Waals surface area contributed by atoms with E-state index in [0.717, 1.165) is 16.7 Å². The number of allylic oxidation sites excluding steroid dienone is 2. The van der Waals surface area contributed by atoms with E-state index >= 15 is 0 Å². The van der Waals surface area contributed by atoms with Crippen molar-refractivity contribution in [2.75, 3.05) is 6.61 Å². The molecule has 0 saturated heterocycles. The highest BCUT2D eigenvalue weighted by atomic mass is 28.5. The van der Waals surface area contributed by atoms with E-state index in [2.05, 4.69) is 45.9 Å². The van der Waals surface area contributed by atoms with Gasteiger partial charge in [-0.2, -0.15) is 5.26 Å². The summed E-state index contributed by atoms with van der Waals surface area (Å²) in [6.45, 7) is 18.7. The molecular formula is C28H37NO4Si3. The number of nitrogens with zero attached hydrogens (tertiary/aromatic N) is 1. The second-order valence-corrected chi connectivity index (χ2v) is 23.2. The predicted octanol–water partition coefficient (Wildman–Crippen LogP) is 6.98. The van der Waals surface area contributed by atoms with Gasteiger partial charge >= 0.3 is 14.5 Å². The number of hydrogen-bond acceptors (Lipinski definition) is 5. The Balaban J connectivity index is 2.26. The first kappa shape index (κ1) is 29.4. The summed E-state index contributed by atoms with van der Waals surface area (Å²) in [5.41, 5.74) is 2.77. The van der Waals surface area contributed by atoms with Gasteiger partial charge < -0.3 is 13.0 Å². The molecule has 2 rings (SSSR count). The highest BCUT2D eigenvalue weighted by molar-refractivity contribution is 6.91. The zero-order valence-corrected chi connectivity index (χ0v) is 25.4. The van der Waals surface area contributed by atoms with E-state index in [4.69, 9.17) is 13.0 Å². The van der Waals surface area contributed by atoms with Crippen molar-refractivity contribution in [3.8, 4) is 6.07 Å². The maximum Gasteiger partial charge on any atom is 0.349 e. The third kappa shape index (κ3) is 9.33. The Morgan fingerprint density at radius 1 is 0.833 bits per heavy atom. The smallest absolute Gasteiger partial charge is 0.349 e. The Kier molecular flexibility index (Phi) is 10.2. The molecule has 36 heavy (non-hydrogen) atoms. The van der Waals surface area contributed by atoms with E-state index in [-0.39, 0.29) is 12.2 Å². The topological polar surface area (TPSA) is 68.6 Å². The molecule has 5 nitrogen and oxygen atoms in total. The lowest BCUT2D eigenvalue weighted by Gasteiger charge is -2.39. The zero-order chi connectivity index (χ0) is 27.0. The molecular weight excluding hydrogens is 499 g/mol. The number of rotatable bonds is 11. The molecule has 8 heteroatoms. The second-order valence-electron chi connectivity index (χ2n) is 10.6. The first-order chi connectivity index (χ1) is 16.7. The van der Waals surface area contributed by atoms with Crippen LogP contribution in [0.3, 0.4) is 0 Å². The van der Waals surface area contributed by atoms with Crippen molar-refractivity contribution in [1.82, 2.24) is 0 Å². The summed E-state index contributed by atoms with van der Waals surface area (Å²) >= 11 is 0. The lowest BCUT2D eigenvalue weighted by molar-refractivity contribution is -0.137. The maximum absolute atomic E-state index is 12.8. The standard InChI is InChI=1S/C28H37NO4Si3/c1-23(36(8,32-34(2,3)4)33-35(5,6)7)22-31-28(30)26(21-29)19-20-27(24-15-11-9-12-16-24)25-17-13-10-14-18-25/h9-20H,1,22H2,2-8H3/b26-19-. The number of carbonyl (C=O) groups excluding carboxylic acids is 1. The zero-order valence-electron chi connectivity index (χ0n) is 22.4. The van der Waals surface area contributed by atoms with Gasteiger partial charge in [0.15, 0.2) is 16.6 Å². The minimum absolute atomic E-state index is 0.0521. The summed E-state index contributed by atoms with van der Waals surface area (Å²) in [7, 11) is -6.71. The number of esters is 1. The molecule has 2 aromatic carbocycles. The first-order valence-electron chi connectivity index (χ1n) is 11.9. The summed E-state index contributed by atoms with van der Waals surface area (Å²) < 4.78 is 18.5. The average molecular weight is 536 g/mol. The molecule has 0 N–H and O–H groups in total. The number of ether oxygens (including phenoxy) is 1. The molecule has 2 aromatic rings. The van der Waals surface area contributed by atoms with Crippen LogP contribution in [-0.2, 0) is 17.8 Å². The van der Waals surface area contributed by atoms with Crippen molar-refractivity contribution < 1.29 is 17.8 Å². The molecule has 0 aliphatic heterocycles. The third-order valence-corrected chi connectivity index (χ3v) is 14.4. The molecule has 0 fully saturated rings. The Morgan fingerprint density at radius 3 is 1.67 bits per heavy atom. The summed E-state index contributed by atoms with van der Waals surface area (Å²) in [6, 6.07) is 21.6. The molecule has 0 unspecified atom stereocenters. The Bertz CT molecular complexity index is 1100. The number of hydrogen-bond donors (Lipinski definition) is 0. The molecule has 0 bridgehead atoms. The molecule has 0 aliphatic carbocycles. The van der Waals surface area contributed by atoms with Gasteiger partial charge in [-0.05, 0) is 68.6 Å². The third-order valence-electron chi connectivity index (χ3n) is 4.95. The first-order valence-corrected chi connectivity index (χ1v) is 21.1. The lowest BCUT2D eigenvalue weighted by Crippen LogP contribution is -2.54. The van der Waals surface area contributed by atoms with Gasteiger partial charge in [0.05, 0.1) is 0 Å². The van der Waals surface area contributed by atoms with E-state index in [1.54, 1.807) is 6.08 Å². The van der Waals surface area contributed by atoms with Crippen molar-refractivity contribution in [1.29, 1.82) is 5.26 Å². The van der Waals surface area contributed by atoms with Gasteiger partial charge in [0, 0.05) is 5.20 Å². The van der Waals surface area contributed by atoms with Crippen LogP contribution in [0, 0.1) is 11.3 Å². The molecule has 0 atom stereocenters. The fourth-order valence-electron chi connectivity index (χ4n) is 3.61. The van der Waals surface area contributed by atoms with Crippen molar-refractivity contribution in [2.45, 2.75) is 45.8 Å². The Labute approximate surface area is 219 Å². The molecule has 0 radical (unpaired) electrons. The predicted molar refractivity (Wildman–Crippen MR) is 154 cm³/mol. The van der Waals surface area contributed by atoms with Gasteiger partial charge in [-0.25, -0.2) is 4.79 Å². The van der Waals surface area contributed by atoms with E-state index in [1.165, 1.54) is 6.08 Å². The highest BCUT2D eigenvalue weighted by Crippen LogP contribution is 2.27.